The van der Waals surface area contributed by atoms with E-state index in [4.69, 9.17) is 14.2 Å². The minimum atomic E-state index is 0.593. The van der Waals surface area contributed by atoms with Crippen LogP contribution in [-0.4, -0.2) is 33.0 Å². The second kappa shape index (κ2) is 28.0. The van der Waals surface area contributed by atoms with Crippen LogP contribution in [0.1, 0.15) is 148 Å². The number of hydrogen-bond acceptors (Lipinski definition) is 3. The van der Waals surface area contributed by atoms with E-state index in [1.807, 2.05) is 0 Å². The first kappa shape index (κ1) is 34.0. The van der Waals surface area contributed by atoms with Gasteiger partial charge in [0.15, 0.2) is 0 Å². The fourth-order valence-electron chi connectivity index (χ4n) is 4.80. The zero-order valence-electron chi connectivity index (χ0n) is 24.9. The molecular weight excluding hydrogens is 456 g/mol. The van der Waals surface area contributed by atoms with Crippen LogP contribution in [0.3, 0.4) is 0 Å². The lowest BCUT2D eigenvalue weighted by Gasteiger charge is -2.09. The van der Waals surface area contributed by atoms with Crippen LogP contribution in [0, 0.1) is 0 Å². The molecule has 0 atom stereocenters. The molecule has 0 radical (unpaired) electrons. The third-order valence-corrected chi connectivity index (χ3v) is 7.25. The van der Waals surface area contributed by atoms with Gasteiger partial charge in [-0.25, -0.2) is 0 Å². The van der Waals surface area contributed by atoms with Crippen LogP contribution in [0.2, 0.25) is 0 Å². The van der Waals surface area contributed by atoms with E-state index in [0.717, 1.165) is 12.4 Å². The summed E-state index contributed by atoms with van der Waals surface area (Å²) in [6.45, 7) is 7.97. The van der Waals surface area contributed by atoms with Crippen molar-refractivity contribution in [2.75, 3.05) is 33.0 Å². The fraction of sp³-hybridized carbons (Fsp3) is 0.824. The van der Waals surface area contributed by atoms with Gasteiger partial charge in [0.1, 0.15) is 12.4 Å². The Morgan fingerprint density at radius 2 is 0.811 bits per heavy atom. The molecule has 1 rings (SSSR count). The topological polar surface area (TPSA) is 27.7 Å². The van der Waals surface area contributed by atoms with Crippen molar-refractivity contribution in [3.63, 3.8) is 0 Å². The molecule has 3 nitrogen and oxygen atoms in total. The lowest BCUT2D eigenvalue weighted by atomic mass is 10.0. The molecule has 0 saturated heterocycles. The minimum Gasteiger partial charge on any atom is -0.491 e. The van der Waals surface area contributed by atoms with E-state index in [-0.39, 0.29) is 0 Å². The Bertz CT molecular complexity index is 557. The van der Waals surface area contributed by atoms with E-state index in [2.05, 4.69) is 38.1 Å². The molecule has 0 saturated carbocycles. The van der Waals surface area contributed by atoms with Gasteiger partial charge in [0.25, 0.3) is 0 Å². The summed E-state index contributed by atoms with van der Waals surface area (Å²) in [6.07, 6.45) is 28.7. The number of hydrogen-bond donors (Lipinski definition) is 0. The lowest BCUT2D eigenvalue weighted by Crippen LogP contribution is -2.11. The zero-order valence-corrected chi connectivity index (χ0v) is 24.9. The molecule has 0 aliphatic heterocycles. The van der Waals surface area contributed by atoms with Crippen molar-refractivity contribution in [2.24, 2.45) is 0 Å². The quantitative estimate of drug-likeness (QED) is 0.0987. The number of aryl methyl sites for hydroxylation is 1. The van der Waals surface area contributed by atoms with Gasteiger partial charge in [-0.2, -0.15) is 0 Å². The van der Waals surface area contributed by atoms with Crippen molar-refractivity contribution >= 4 is 0 Å². The van der Waals surface area contributed by atoms with E-state index in [1.54, 1.807) is 0 Å². The van der Waals surface area contributed by atoms with Gasteiger partial charge in [0, 0.05) is 6.61 Å². The highest BCUT2D eigenvalue weighted by Crippen LogP contribution is 2.16. The normalized spacial score (nSPS) is 11.3. The highest BCUT2D eigenvalue weighted by atomic mass is 16.5. The molecule has 0 unspecified atom stereocenters. The Balaban J connectivity index is 1.79. The van der Waals surface area contributed by atoms with Crippen LogP contribution in [0.4, 0.5) is 0 Å². The molecule has 0 spiro atoms. The Hall–Kier alpha value is -1.06. The van der Waals surface area contributed by atoms with Gasteiger partial charge in [0.2, 0.25) is 0 Å². The zero-order chi connectivity index (χ0) is 26.5. The van der Waals surface area contributed by atoms with Gasteiger partial charge in [0.05, 0.1) is 19.8 Å². The summed E-state index contributed by atoms with van der Waals surface area (Å²) in [5, 5.41) is 0. The van der Waals surface area contributed by atoms with E-state index in [0.29, 0.717) is 26.4 Å². The van der Waals surface area contributed by atoms with Crippen molar-refractivity contribution in [2.45, 2.75) is 149 Å². The van der Waals surface area contributed by atoms with Gasteiger partial charge >= 0.3 is 0 Å². The average Bonchev–Trinajstić information content (AvgIpc) is 2.92. The number of rotatable bonds is 29. The first-order valence-electron chi connectivity index (χ1n) is 16.2. The van der Waals surface area contributed by atoms with Crippen molar-refractivity contribution in [1.29, 1.82) is 0 Å². The third-order valence-electron chi connectivity index (χ3n) is 7.25. The molecule has 0 fully saturated rings. The summed E-state index contributed by atoms with van der Waals surface area (Å²) >= 11 is 0. The minimum absolute atomic E-state index is 0.593. The first-order chi connectivity index (χ1) is 18.4. The summed E-state index contributed by atoms with van der Waals surface area (Å²) in [5.41, 5.74) is 1.41. The van der Waals surface area contributed by atoms with Crippen molar-refractivity contribution in [1.82, 2.24) is 0 Å². The third kappa shape index (κ3) is 23.8. The van der Waals surface area contributed by atoms with Crippen molar-refractivity contribution in [3.05, 3.63) is 29.8 Å². The van der Waals surface area contributed by atoms with Crippen LogP contribution in [0.25, 0.3) is 0 Å². The van der Waals surface area contributed by atoms with E-state index >= 15 is 0 Å². The molecule has 1 aromatic rings. The second-order valence-corrected chi connectivity index (χ2v) is 10.8. The molecular formula is C34H62O3. The molecule has 0 N–H and O–H groups in total. The Labute approximate surface area is 231 Å². The summed E-state index contributed by atoms with van der Waals surface area (Å²) < 4.78 is 17.2. The summed E-state index contributed by atoms with van der Waals surface area (Å²) in [4.78, 5) is 0. The van der Waals surface area contributed by atoms with Crippen molar-refractivity contribution < 1.29 is 14.2 Å². The predicted octanol–water partition coefficient (Wildman–Crippen LogP) is 10.5. The molecule has 0 aromatic heterocycles. The Morgan fingerprint density at radius 3 is 1.32 bits per heavy atom. The maximum Gasteiger partial charge on any atom is 0.119 e. The maximum absolute atomic E-state index is 5.81. The van der Waals surface area contributed by atoms with Crippen molar-refractivity contribution in [3.8, 4) is 5.75 Å². The molecule has 1 aromatic carbocycles. The van der Waals surface area contributed by atoms with Gasteiger partial charge in [-0.3, -0.25) is 0 Å². The van der Waals surface area contributed by atoms with Gasteiger partial charge < -0.3 is 14.2 Å². The first-order valence-corrected chi connectivity index (χ1v) is 16.2. The SMILES string of the molecule is CCCCCCCCCCCCCCCOCCOCCOc1ccc(CCCCCCCCC)cc1. The Kier molecular flexibility index (Phi) is 25.7. The highest BCUT2D eigenvalue weighted by Gasteiger charge is 1.98. The molecule has 0 heterocycles. The fourth-order valence-corrected chi connectivity index (χ4v) is 4.80. The summed E-state index contributed by atoms with van der Waals surface area (Å²) in [7, 11) is 0. The van der Waals surface area contributed by atoms with Crippen LogP contribution in [0.5, 0.6) is 5.75 Å². The average molecular weight is 519 g/mol. The molecule has 37 heavy (non-hydrogen) atoms. The van der Waals surface area contributed by atoms with Gasteiger partial charge in [-0.15, -0.1) is 0 Å². The van der Waals surface area contributed by atoms with Gasteiger partial charge in [-0.05, 0) is 37.0 Å². The molecule has 0 bridgehead atoms. The van der Waals surface area contributed by atoms with E-state index in [9.17, 15) is 0 Å². The summed E-state index contributed by atoms with van der Waals surface area (Å²) in [5.74, 6) is 0.936. The highest BCUT2D eigenvalue weighted by molar-refractivity contribution is 5.27. The van der Waals surface area contributed by atoms with E-state index < -0.39 is 0 Å². The molecule has 3 heteroatoms. The molecule has 0 aliphatic carbocycles. The predicted molar refractivity (Wildman–Crippen MR) is 161 cm³/mol. The monoisotopic (exact) mass is 518 g/mol. The molecule has 216 valence electrons. The van der Waals surface area contributed by atoms with Crippen LogP contribution < -0.4 is 4.74 Å². The molecule has 0 aliphatic rings. The standard InChI is InChI=1S/C34H62O3/c1-3-5-7-9-11-12-13-14-15-16-18-20-22-28-35-29-30-36-31-32-37-34-26-24-33(25-27-34)23-21-19-17-10-8-6-4-2/h24-27H,3-23,28-32H2,1-2H3. The molecule has 0 amide bonds. The summed E-state index contributed by atoms with van der Waals surface area (Å²) in [6, 6.07) is 8.60. The number of ether oxygens (including phenoxy) is 3. The second-order valence-electron chi connectivity index (χ2n) is 10.8. The van der Waals surface area contributed by atoms with Crippen LogP contribution >= 0.6 is 0 Å². The number of unbranched alkanes of at least 4 members (excludes halogenated alkanes) is 18. The smallest absolute Gasteiger partial charge is 0.119 e. The largest absolute Gasteiger partial charge is 0.491 e. The number of benzene rings is 1. The van der Waals surface area contributed by atoms with Gasteiger partial charge in [-0.1, -0.05) is 142 Å². The van der Waals surface area contributed by atoms with Crippen LogP contribution in [-0.2, 0) is 15.9 Å². The Morgan fingerprint density at radius 1 is 0.405 bits per heavy atom. The van der Waals surface area contributed by atoms with E-state index in [1.165, 1.54) is 140 Å². The lowest BCUT2D eigenvalue weighted by molar-refractivity contribution is 0.0352. The van der Waals surface area contributed by atoms with Crippen LogP contribution in [0.15, 0.2) is 24.3 Å². The maximum atomic E-state index is 5.81.